The highest BCUT2D eigenvalue weighted by Gasteiger charge is 2.17. The SMILES string of the molecule is Cc1ccc(-c2nn(-c3ccccc3)cc2-c2nc3ccccc3s2)cc1. The molecule has 0 amide bonds. The summed E-state index contributed by atoms with van der Waals surface area (Å²) in [5.41, 5.74) is 6.42. The zero-order valence-electron chi connectivity index (χ0n) is 14.8. The Bertz CT molecular complexity index is 1180. The summed E-state index contributed by atoms with van der Waals surface area (Å²) in [4.78, 5) is 4.86. The van der Waals surface area contributed by atoms with Crippen LogP contribution in [0.2, 0.25) is 0 Å². The first-order chi connectivity index (χ1) is 13.3. The van der Waals surface area contributed by atoms with E-state index >= 15 is 0 Å². The van der Waals surface area contributed by atoms with Crippen molar-refractivity contribution >= 4 is 21.6 Å². The number of fused-ring (bicyclic) bond motifs is 1. The van der Waals surface area contributed by atoms with Crippen LogP contribution < -0.4 is 0 Å². The summed E-state index contributed by atoms with van der Waals surface area (Å²) in [6.07, 6.45) is 2.09. The molecule has 0 aliphatic carbocycles. The number of aryl methyl sites for hydroxylation is 1. The molecule has 0 saturated carbocycles. The van der Waals surface area contributed by atoms with Gasteiger partial charge in [0.1, 0.15) is 10.7 Å². The Kier molecular flexibility index (Phi) is 3.84. The fourth-order valence-corrected chi connectivity index (χ4v) is 4.13. The Labute approximate surface area is 161 Å². The van der Waals surface area contributed by atoms with E-state index in [1.807, 2.05) is 28.9 Å². The van der Waals surface area contributed by atoms with E-state index in [0.717, 1.165) is 33.0 Å². The first kappa shape index (κ1) is 16.0. The van der Waals surface area contributed by atoms with Crippen molar-refractivity contribution in [1.29, 1.82) is 0 Å². The second-order valence-corrected chi connectivity index (χ2v) is 7.55. The van der Waals surface area contributed by atoms with Crippen LogP contribution in [0.1, 0.15) is 5.56 Å². The molecule has 130 valence electrons. The molecular weight excluding hydrogens is 350 g/mol. The second-order valence-electron chi connectivity index (χ2n) is 6.52. The van der Waals surface area contributed by atoms with Crippen LogP contribution in [-0.2, 0) is 0 Å². The lowest BCUT2D eigenvalue weighted by atomic mass is 10.1. The molecule has 0 spiro atoms. The number of benzene rings is 3. The fourth-order valence-electron chi connectivity index (χ4n) is 3.16. The Morgan fingerprint density at radius 2 is 1.56 bits per heavy atom. The largest absolute Gasteiger partial charge is 0.240 e. The van der Waals surface area contributed by atoms with Gasteiger partial charge >= 0.3 is 0 Å². The van der Waals surface area contributed by atoms with Crippen LogP contribution in [0.5, 0.6) is 0 Å². The molecule has 27 heavy (non-hydrogen) atoms. The minimum Gasteiger partial charge on any atom is -0.240 e. The Morgan fingerprint density at radius 3 is 2.33 bits per heavy atom. The monoisotopic (exact) mass is 367 g/mol. The van der Waals surface area contributed by atoms with Gasteiger partial charge in [0, 0.05) is 11.8 Å². The van der Waals surface area contributed by atoms with Crippen LogP contribution in [0.3, 0.4) is 0 Å². The van der Waals surface area contributed by atoms with E-state index in [1.165, 1.54) is 10.3 Å². The van der Waals surface area contributed by atoms with Gasteiger partial charge in [-0.2, -0.15) is 5.10 Å². The summed E-state index contributed by atoms with van der Waals surface area (Å²) in [7, 11) is 0. The number of hydrogen-bond acceptors (Lipinski definition) is 3. The van der Waals surface area contributed by atoms with Gasteiger partial charge in [-0.3, -0.25) is 0 Å². The van der Waals surface area contributed by atoms with E-state index in [2.05, 4.69) is 67.7 Å². The molecule has 0 aliphatic heterocycles. The van der Waals surface area contributed by atoms with Crippen molar-refractivity contribution in [2.45, 2.75) is 6.92 Å². The van der Waals surface area contributed by atoms with Gasteiger partial charge in [-0.1, -0.05) is 60.2 Å². The summed E-state index contributed by atoms with van der Waals surface area (Å²) in [5.74, 6) is 0. The number of rotatable bonds is 3. The van der Waals surface area contributed by atoms with Gasteiger partial charge < -0.3 is 0 Å². The third-order valence-electron chi connectivity index (χ3n) is 4.58. The molecule has 5 aromatic rings. The second kappa shape index (κ2) is 6.49. The van der Waals surface area contributed by atoms with Crippen molar-refractivity contribution < 1.29 is 0 Å². The molecule has 4 heteroatoms. The maximum absolute atomic E-state index is 4.91. The fraction of sp³-hybridized carbons (Fsp3) is 0.0435. The van der Waals surface area contributed by atoms with Crippen LogP contribution in [0, 0.1) is 6.92 Å². The number of hydrogen-bond donors (Lipinski definition) is 0. The molecule has 3 nitrogen and oxygen atoms in total. The van der Waals surface area contributed by atoms with Gasteiger partial charge in [-0.05, 0) is 31.2 Å². The molecule has 0 bridgehead atoms. The number of nitrogens with zero attached hydrogens (tertiary/aromatic N) is 3. The maximum atomic E-state index is 4.91. The Morgan fingerprint density at radius 1 is 0.815 bits per heavy atom. The zero-order valence-corrected chi connectivity index (χ0v) is 15.6. The molecule has 5 rings (SSSR count). The van der Waals surface area contributed by atoms with E-state index in [0.29, 0.717) is 0 Å². The van der Waals surface area contributed by atoms with Crippen molar-refractivity contribution in [3.05, 3.63) is 90.6 Å². The van der Waals surface area contributed by atoms with Gasteiger partial charge in [0.2, 0.25) is 0 Å². The highest BCUT2D eigenvalue weighted by molar-refractivity contribution is 7.21. The summed E-state index contributed by atoms with van der Waals surface area (Å²) in [6.45, 7) is 2.10. The average Bonchev–Trinajstić information content (AvgIpc) is 3.33. The molecule has 2 aromatic heterocycles. The van der Waals surface area contributed by atoms with Gasteiger partial charge in [-0.15, -0.1) is 11.3 Å². The van der Waals surface area contributed by atoms with Crippen LogP contribution in [0.15, 0.2) is 85.1 Å². The molecule has 0 unspecified atom stereocenters. The molecule has 0 aliphatic rings. The van der Waals surface area contributed by atoms with Crippen LogP contribution >= 0.6 is 11.3 Å². The lowest BCUT2D eigenvalue weighted by Gasteiger charge is -2.01. The summed E-state index contributed by atoms with van der Waals surface area (Å²) >= 11 is 1.71. The molecule has 0 fully saturated rings. The van der Waals surface area contributed by atoms with E-state index in [9.17, 15) is 0 Å². The average molecular weight is 367 g/mol. The van der Waals surface area contributed by atoms with Crippen molar-refractivity contribution in [1.82, 2.24) is 14.8 Å². The van der Waals surface area contributed by atoms with Gasteiger partial charge in [0.15, 0.2) is 0 Å². The molecule has 0 radical (unpaired) electrons. The predicted octanol–water partition coefficient (Wildman–Crippen LogP) is 6.12. The van der Waals surface area contributed by atoms with E-state index < -0.39 is 0 Å². The summed E-state index contributed by atoms with van der Waals surface area (Å²) in [5, 5.41) is 5.90. The predicted molar refractivity (Wildman–Crippen MR) is 112 cm³/mol. The van der Waals surface area contributed by atoms with E-state index in [-0.39, 0.29) is 0 Å². The molecule has 0 saturated heterocycles. The lowest BCUT2D eigenvalue weighted by Crippen LogP contribution is -1.93. The van der Waals surface area contributed by atoms with Crippen molar-refractivity contribution in [3.8, 4) is 27.5 Å². The first-order valence-electron chi connectivity index (χ1n) is 8.86. The lowest BCUT2D eigenvalue weighted by molar-refractivity contribution is 0.884. The number of aromatic nitrogens is 3. The van der Waals surface area contributed by atoms with Gasteiger partial charge in [0.25, 0.3) is 0 Å². The maximum Gasteiger partial charge on any atom is 0.128 e. The molecule has 0 atom stereocenters. The number of para-hydroxylation sites is 2. The first-order valence-corrected chi connectivity index (χ1v) is 9.68. The third-order valence-corrected chi connectivity index (χ3v) is 5.65. The highest BCUT2D eigenvalue weighted by atomic mass is 32.1. The Balaban J connectivity index is 1.72. The Hall–Kier alpha value is -3.24. The summed E-state index contributed by atoms with van der Waals surface area (Å²) < 4.78 is 3.13. The van der Waals surface area contributed by atoms with Crippen LogP contribution in [0.4, 0.5) is 0 Å². The molecule has 3 aromatic carbocycles. The van der Waals surface area contributed by atoms with Crippen LogP contribution in [0.25, 0.3) is 37.7 Å². The van der Waals surface area contributed by atoms with Crippen molar-refractivity contribution in [3.63, 3.8) is 0 Å². The molecule has 0 N–H and O–H groups in total. The van der Waals surface area contributed by atoms with Gasteiger partial charge in [-0.25, -0.2) is 9.67 Å². The van der Waals surface area contributed by atoms with Crippen molar-refractivity contribution in [2.75, 3.05) is 0 Å². The number of thiazole rings is 1. The summed E-state index contributed by atoms with van der Waals surface area (Å²) in [6, 6.07) is 27.0. The normalized spacial score (nSPS) is 11.1. The van der Waals surface area contributed by atoms with Crippen LogP contribution in [-0.4, -0.2) is 14.8 Å². The third kappa shape index (κ3) is 2.94. The van der Waals surface area contributed by atoms with Gasteiger partial charge in [0.05, 0.1) is 21.5 Å². The minimum atomic E-state index is 0.956. The van der Waals surface area contributed by atoms with E-state index in [4.69, 9.17) is 10.1 Å². The molecular formula is C23H17N3S. The highest BCUT2D eigenvalue weighted by Crippen LogP contribution is 2.36. The zero-order chi connectivity index (χ0) is 18.2. The minimum absolute atomic E-state index is 0.956. The smallest absolute Gasteiger partial charge is 0.128 e. The quantitative estimate of drug-likeness (QED) is 0.384. The molecule has 2 heterocycles. The van der Waals surface area contributed by atoms with Crippen molar-refractivity contribution in [2.24, 2.45) is 0 Å². The standard InChI is InChI=1S/C23H17N3S/c1-16-11-13-17(14-12-16)22-19(15-26(25-22)18-7-3-2-4-8-18)23-24-20-9-5-6-10-21(20)27-23/h2-15H,1H3. The topological polar surface area (TPSA) is 30.7 Å². The van der Waals surface area contributed by atoms with E-state index in [1.54, 1.807) is 11.3 Å².